The Kier molecular flexibility index (Phi) is 11.2. The van der Waals surface area contributed by atoms with Gasteiger partial charge in [-0.2, -0.15) is 28.7 Å². The smallest absolute Gasteiger partial charge is 1.00 e. The Morgan fingerprint density at radius 2 is 1.80 bits per heavy atom. The van der Waals surface area contributed by atoms with Gasteiger partial charge in [0.2, 0.25) is 0 Å². The number of halogens is 2. The zero-order valence-electron chi connectivity index (χ0n) is 15.1. The van der Waals surface area contributed by atoms with E-state index in [1.165, 1.54) is 42.9 Å². The third-order valence-corrected chi connectivity index (χ3v) is 4.69. The third-order valence-electron chi connectivity index (χ3n) is 4.69. The molecule has 0 bridgehead atoms. The Morgan fingerprint density at radius 1 is 1.08 bits per heavy atom. The number of benzene rings is 1. The first-order valence-electron chi connectivity index (χ1n) is 8.65. The van der Waals surface area contributed by atoms with E-state index < -0.39 is 0 Å². The number of hydrogen-bond donors (Lipinski definition) is 0. The third kappa shape index (κ3) is 6.37. The van der Waals surface area contributed by atoms with Crippen LogP contribution in [0.15, 0.2) is 59.7 Å². The summed E-state index contributed by atoms with van der Waals surface area (Å²) in [6.45, 7) is 4.62. The monoisotopic (exact) mass is 418 g/mol. The molecule has 2 aliphatic rings. The molecule has 3 heteroatoms. The Morgan fingerprint density at radius 3 is 2.52 bits per heavy atom. The van der Waals surface area contributed by atoms with E-state index in [1.807, 2.05) is 0 Å². The van der Waals surface area contributed by atoms with E-state index in [4.69, 9.17) is 0 Å². The van der Waals surface area contributed by atoms with Gasteiger partial charge in [0.15, 0.2) is 0 Å². The molecule has 25 heavy (non-hydrogen) atoms. The Bertz CT molecular complexity index is 652. The summed E-state index contributed by atoms with van der Waals surface area (Å²) in [5.41, 5.74) is 3.34. The van der Waals surface area contributed by atoms with E-state index in [0.717, 1.165) is 5.92 Å². The maximum atomic E-state index is 3.53. The van der Waals surface area contributed by atoms with Crippen molar-refractivity contribution in [3.8, 4) is 0 Å². The predicted molar refractivity (Wildman–Crippen MR) is 95.8 cm³/mol. The van der Waals surface area contributed by atoms with Crippen LogP contribution < -0.4 is 9.41 Å². The number of hydrogen-bond acceptors (Lipinski definition) is 0. The van der Waals surface area contributed by atoms with Crippen LogP contribution >= 0.6 is 0 Å². The maximum Gasteiger partial charge on any atom is 4.00 e. The zero-order valence-corrected chi connectivity index (χ0v) is 17.5. The predicted octanol–water partition coefficient (Wildman–Crippen LogP) is 0.456. The van der Waals surface area contributed by atoms with Crippen molar-refractivity contribution in [2.24, 2.45) is 11.8 Å². The van der Waals surface area contributed by atoms with Gasteiger partial charge in [-0.3, -0.25) is 6.08 Å². The molecule has 0 spiro atoms. The standard InChI is InChI=1S/C13H19.C9H7.2FH.Zr/c1-10(2)9-12-8-7-11-5-3-4-6-13(11)12;1-2-5-9-7-3-6-8(9)4-1;;;/h7,10,12H,3-6,9H2,1-2H3;1-7H;2*1H;/q2*-1;;;+4/p-2. The van der Waals surface area contributed by atoms with E-state index in [-0.39, 0.29) is 35.6 Å². The van der Waals surface area contributed by atoms with Crippen molar-refractivity contribution < 1.29 is 35.6 Å². The summed E-state index contributed by atoms with van der Waals surface area (Å²) in [6.07, 6.45) is 12.6. The van der Waals surface area contributed by atoms with Crippen molar-refractivity contribution in [3.63, 3.8) is 0 Å². The largest absolute Gasteiger partial charge is 4.00 e. The SMILES string of the molecule is CC(C)CC1[C-]=CC2=C1CCCC2.[F-].[F-].[Zr+4].c1ccc2[cH-]ccc2c1. The van der Waals surface area contributed by atoms with Gasteiger partial charge in [0.1, 0.15) is 0 Å². The van der Waals surface area contributed by atoms with Crippen LogP contribution in [0.25, 0.3) is 10.8 Å². The molecule has 4 rings (SSSR count). The quantitative estimate of drug-likeness (QED) is 0.621. The number of allylic oxidation sites excluding steroid dienone is 4. The van der Waals surface area contributed by atoms with Crippen molar-refractivity contribution in [2.75, 3.05) is 0 Å². The number of fused-ring (bicyclic) bond motifs is 1. The van der Waals surface area contributed by atoms with Crippen molar-refractivity contribution >= 4 is 10.8 Å². The minimum Gasteiger partial charge on any atom is -1.00 e. The van der Waals surface area contributed by atoms with Crippen molar-refractivity contribution in [2.45, 2.75) is 46.0 Å². The van der Waals surface area contributed by atoms with Crippen LogP contribution in [0.1, 0.15) is 46.0 Å². The summed E-state index contributed by atoms with van der Waals surface area (Å²) in [5.74, 6) is 1.48. The fourth-order valence-corrected chi connectivity index (χ4v) is 3.57. The van der Waals surface area contributed by atoms with Crippen LogP contribution in [0.5, 0.6) is 0 Å². The van der Waals surface area contributed by atoms with Crippen molar-refractivity contribution in [3.05, 3.63) is 65.8 Å². The molecule has 0 radical (unpaired) electrons. The summed E-state index contributed by atoms with van der Waals surface area (Å²) < 4.78 is 0. The first kappa shape index (κ1) is 24.1. The van der Waals surface area contributed by atoms with Gasteiger partial charge in [-0.1, -0.05) is 51.5 Å². The molecule has 2 aromatic rings. The average Bonchev–Trinajstić information content (AvgIpc) is 3.15. The van der Waals surface area contributed by atoms with Gasteiger partial charge >= 0.3 is 26.2 Å². The second kappa shape index (κ2) is 11.6. The van der Waals surface area contributed by atoms with Crippen LogP contribution in [0.3, 0.4) is 0 Å². The molecule has 1 atom stereocenters. The molecule has 0 amide bonds. The normalized spacial score (nSPS) is 17.8. The van der Waals surface area contributed by atoms with Gasteiger partial charge in [0, 0.05) is 0 Å². The Labute approximate surface area is 169 Å². The van der Waals surface area contributed by atoms with E-state index in [1.54, 1.807) is 11.1 Å². The summed E-state index contributed by atoms with van der Waals surface area (Å²) in [7, 11) is 0. The molecule has 0 heterocycles. The second-order valence-electron chi connectivity index (χ2n) is 6.91. The maximum absolute atomic E-state index is 3.53. The molecule has 0 fully saturated rings. The first-order valence-corrected chi connectivity index (χ1v) is 8.65. The van der Waals surface area contributed by atoms with E-state index in [9.17, 15) is 0 Å². The van der Waals surface area contributed by atoms with E-state index in [0.29, 0.717) is 5.92 Å². The summed E-state index contributed by atoms with van der Waals surface area (Å²) >= 11 is 0. The van der Waals surface area contributed by atoms with Crippen LogP contribution in [0.4, 0.5) is 0 Å². The Hall–Kier alpha value is -0.947. The first-order chi connectivity index (χ1) is 10.7. The summed E-state index contributed by atoms with van der Waals surface area (Å²) in [4.78, 5) is 0. The minimum atomic E-state index is 0. The molecular formula is C22H26F2Zr. The van der Waals surface area contributed by atoms with Gasteiger partial charge in [-0.25, -0.2) is 6.08 Å². The van der Waals surface area contributed by atoms with Gasteiger partial charge < -0.3 is 9.41 Å². The molecule has 2 aliphatic carbocycles. The summed E-state index contributed by atoms with van der Waals surface area (Å²) in [6, 6.07) is 14.7. The van der Waals surface area contributed by atoms with Crippen LogP contribution in [-0.2, 0) is 26.2 Å². The van der Waals surface area contributed by atoms with Gasteiger partial charge in [-0.15, -0.1) is 29.7 Å². The topological polar surface area (TPSA) is 0 Å². The van der Waals surface area contributed by atoms with Crippen molar-refractivity contribution in [1.29, 1.82) is 0 Å². The fourth-order valence-electron chi connectivity index (χ4n) is 3.57. The van der Waals surface area contributed by atoms with E-state index in [2.05, 4.69) is 68.5 Å². The minimum absolute atomic E-state index is 0. The molecule has 0 aliphatic heterocycles. The van der Waals surface area contributed by atoms with Crippen molar-refractivity contribution in [1.82, 2.24) is 0 Å². The molecule has 132 valence electrons. The molecule has 1 unspecified atom stereocenters. The molecule has 0 saturated heterocycles. The molecule has 2 aromatic carbocycles. The number of rotatable bonds is 2. The van der Waals surface area contributed by atoms with Gasteiger partial charge in [0.25, 0.3) is 0 Å². The van der Waals surface area contributed by atoms with Crippen LogP contribution in [-0.4, -0.2) is 0 Å². The second-order valence-corrected chi connectivity index (χ2v) is 6.91. The van der Waals surface area contributed by atoms with E-state index >= 15 is 0 Å². The van der Waals surface area contributed by atoms with Crippen LogP contribution in [0, 0.1) is 17.9 Å². The molecule has 0 nitrogen and oxygen atoms in total. The Balaban J connectivity index is 0.000000430. The molecule has 0 saturated carbocycles. The fraction of sp³-hybridized carbons (Fsp3) is 0.409. The van der Waals surface area contributed by atoms with Gasteiger partial charge in [0.05, 0.1) is 0 Å². The van der Waals surface area contributed by atoms with Gasteiger partial charge in [-0.05, 0) is 12.3 Å². The molecular weight excluding hydrogens is 393 g/mol. The zero-order chi connectivity index (χ0) is 15.4. The summed E-state index contributed by atoms with van der Waals surface area (Å²) in [5, 5.41) is 2.66. The molecule has 0 aromatic heterocycles. The molecule has 0 N–H and O–H groups in total. The average molecular weight is 420 g/mol. The van der Waals surface area contributed by atoms with Crippen LogP contribution in [0.2, 0.25) is 0 Å².